The molecule has 0 atom stereocenters. The molecule has 3 N–H and O–H groups in total. The lowest BCUT2D eigenvalue weighted by atomic mass is 10.2. The maximum atomic E-state index is 12.9. The lowest BCUT2D eigenvalue weighted by molar-refractivity contribution is 0.0977. The molecule has 0 radical (unpaired) electrons. The molecule has 0 aliphatic heterocycles. The van der Waals surface area contributed by atoms with Gasteiger partial charge in [-0.2, -0.15) is 0 Å². The summed E-state index contributed by atoms with van der Waals surface area (Å²) in [6.45, 7) is 3.90. The number of benzene rings is 3. The van der Waals surface area contributed by atoms with Gasteiger partial charge in [0.2, 0.25) is 0 Å². The Morgan fingerprint density at radius 1 is 0.854 bits per heavy atom. The van der Waals surface area contributed by atoms with Crippen molar-refractivity contribution in [2.45, 2.75) is 25.3 Å². The Kier molecular flexibility index (Phi) is 7.73. The standard InChI is InChI=1S/C29H25ClN6O4S/c1-18-8-12-23(13-9-18)41(39,40)35-28(37)26-15-14-25-27(34-26)36(19(2)31-25)17-20-10-11-22(16-24(20)30)33-29(38)32-21-6-4-3-5-7-21/h3-16H,17H2,1-2H3,(H,35,37)(H2,32,33,38). The molecule has 0 spiro atoms. The van der Waals surface area contributed by atoms with Gasteiger partial charge in [-0.1, -0.05) is 53.6 Å². The maximum absolute atomic E-state index is 12.9. The number of para-hydroxylation sites is 1. The molecule has 3 aromatic carbocycles. The monoisotopic (exact) mass is 588 g/mol. The van der Waals surface area contributed by atoms with Crippen LogP contribution in [0.4, 0.5) is 16.2 Å². The van der Waals surface area contributed by atoms with Crippen LogP contribution in [0.1, 0.15) is 27.4 Å². The predicted molar refractivity (Wildman–Crippen MR) is 158 cm³/mol. The quantitative estimate of drug-likeness (QED) is 0.229. The highest BCUT2D eigenvalue weighted by molar-refractivity contribution is 7.90. The number of aryl methyl sites for hydroxylation is 2. The zero-order chi connectivity index (χ0) is 29.1. The average molecular weight is 589 g/mol. The van der Waals surface area contributed by atoms with E-state index in [2.05, 4.69) is 25.3 Å². The number of pyridine rings is 1. The number of urea groups is 1. The number of hydrogen-bond acceptors (Lipinski definition) is 6. The van der Waals surface area contributed by atoms with Gasteiger partial charge in [0, 0.05) is 16.4 Å². The maximum Gasteiger partial charge on any atom is 0.323 e. The number of anilines is 2. The number of sulfonamides is 1. The molecule has 0 fully saturated rings. The second-order valence-electron chi connectivity index (χ2n) is 9.28. The molecule has 12 heteroatoms. The van der Waals surface area contributed by atoms with E-state index in [9.17, 15) is 18.0 Å². The number of carbonyl (C=O) groups excluding carboxylic acids is 2. The van der Waals surface area contributed by atoms with Gasteiger partial charge < -0.3 is 15.2 Å². The van der Waals surface area contributed by atoms with Crippen molar-refractivity contribution in [1.82, 2.24) is 19.3 Å². The molecule has 10 nitrogen and oxygen atoms in total. The molecular formula is C29H25ClN6O4S. The van der Waals surface area contributed by atoms with Crippen LogP contribution in [-0.2, 0) is 16.6 Å². The fraction of sp³-hybridized carbons (Fsp3) is 0.103. The number of nitrogens with zero attached hydrogens (tertiary/aromatic N) is 3. The first-order chi connectivity index (χ1) is 19.6. The summed E-state index contributed by atoms with van der Waals surface area (Å²) in [4.78, 5) is 34.1. The van der Waals surface area contributed by atoms with Gasteiger partial charge in [0.25, 0.3) is 15.9 Å². The Hall–Kier alpha value is -4.74. The van der Waals surface area contributed by atoms with Gasteiger partial charge in [0.15, 0.2) is 5.65 Å². The zero-order valence-corrected chi connectivity index (χ0v) is 23.6. The lowest BCUT2D eigenvalue weighted by Crippen LogP contribution is -2.31. The highest BCUT2D eigenvalue weighted by atomic mass is 35.5. The van der Waals surface area contributed by atoms with Crippen LogP contribution in [-0.4, -0.2) is 34.9 Å². The number of amides is 3. The van der Waals surface area contributed by atoms with Crippen molar-refractivity contribution in [2.75, 3.05) is 10.6 Å². The van der Waals surface area contributed by atoms with Gasteiger partial charge in [-0.05, 0) is 67.9 Å². The molecule has 0 saturated heterocycles. The fourth-order valence-electron chi connectivity index (χ4n) is 4.12. The van der Waals surface area contributed by atoms with E-state index in [1.54, 1.807) is 60.0 Å². The van der Waals surface area contributed by atoms with Crippen molar-refractivity contribution in [2.24, 2.45) is 0 Å². The highest BCUT2D eigenvalue weighted by Gasteiger charge is 2.21. The second kappa shape index (κ2) is 11.4. The largest absolute Gasteiger partial charge is 0.323 e. The third-order valence-electron chi connectivity index (χ3n) is 6.25. The molecule has 2 aromatic heterocycles. The van der Waals surface area contributed by atoms with Crippen LogP contribution in [0, 0.1) is 13.8 Å². The third kappa shape index (κ3) is 6.37. The minimum atomic E-state index is -4.08. The van der Waals surface area contributed by atoms with Crippen molar-refractivity contribution < 1.29 is 18.0 Å². The summed E-state index contributed by atoms with van der Waals surface area (Å²) in [6.07, 6.45) is 0. The number of imidazole rings is 1. The van der Waals surface area contributed by atoms with Gasteiger partial charge in [-0.3, -0.25) is 4.79 Å². The number of carbonyl (C=O) groups is 2. The van der Waals surface area contributed by atoms with E-state index in [4.69, 9.17) is 11.6 Å². The molecule has 5 aromatic rings. The van der Waals surface area contributed by atoms with Crippen molar-refractivity contribution in [3.8, 4) is 0 Å². The lowest BCUT2D eigenvalue weighted by Gasteiger charge is -2.12. The average Bonchev–Trinajstić information content (AvgIpc) is 3.24. The summed E-state index contributed by atoms with van der Waals surface area (Å²) in [5, 5.41) is 5.90. The van der Waals surface area contributed by atoms with E-state index in [-0.39, 0.29) is 17.1 Å². The van der Waals surface area contributed by atoms with E-state index >= 15 is 0 Å². The smallest absolute Gasteiger partial charge is 0.308 e. The summed E-state index contributed by atoms with van der Waals surface area (Å²) >= 11 is 6.56. The normalized spacial score (nSPS) is 11.3. The number of nitrogens with one attached hydrogen (secondary N) is 3. The van der Waals surface area contributed by atoms with Crippen LogP contribution in [0.25, 0.3) is 11.2 Å². The zero-order valence-electron chi connectivity index (χ0n) is 22.1. The molecular weight excluding hydrogens is 564 g/mol. The first-order valence-corrected chi connectivity index (χ1v) is 14.3. The molecule has 0 bridgehead atoms. The first kappa shape index (κ1) is 27.8. The van der Waals surface area contributed by atoms with Gasteiger partial charge in [0.1, 0.15) is 17.0 Å². The molecule has 0 unspecified atom stereocenters. The minimum Gasteiger partial charge on any atom is -0.308 e. The minimum absolute atomic E-state index is 0.0245. The van der Waals surface area contributed by atoms with Crippen molar-refractivity contribution in [3.05, 3.63) is 113 Å². The molecule has 0 saturated carbocycles. The fourth-order valence-corrected chi connectivity index (χ4v) is 5.32. The predicted octanol–water partition coefficient (Wildman–Crippen LogP) is 5.51. The van der Waals surface area contributed by atoms with Crippen LogP contribution >= 0.6 is 11.6 Å². The summed E-state index contributed by atoms with van der Waals surface area (Å²) < 4.78 is 29.3. The molecule has 41 heavy (non-hydrogen) atoms. The van der Waals surface area contributed by atoms with E-state index < -0.39 is 22.0 Å². The highest BCUT2D eigenvalue weighted by Crippen LogP contribution is 2.25. The first-order valence-electron chi connectivity index (χ1n) is 12.5. The van der Waals surface area contributed by atoms with E-state index in [0.717, 1.165) is 11.1 Å². The summed E-state index contributed by atoms with van der Waals surface area (Å²) in [5.41, 5.74) is 3.63. The van der Waals surface area contributed by atoms with Crippen molar-refractivity contribution in [3.63, 3.8) is 0 Å². The van der Waals surface area contributed by atoms with Crippen molar-refractivity contribution in [1.29, 1.82) is 0 Å². The van der Waals surface area contributed by atoms with Gasteiger partial charge in [-0.25, -0.2) is 27.9 Å². The van der Waals surface area contributed by atoms with Crippen LogP contribution in [0.2, 0.25) is 5.02 Å². The third-order valence-corrected chi connectivity index (χ3v) is 7.94. The Labute approximate surface area is 241 Å². The number of fused-ring (bicyclic) bond motifs is 1. The van der Waals surface area contributed by atoms with Crippen LogP contribution in [0.5, 0.6) is 0 Å². The number of halogens is 1. The van der Waals surface area contributed by atoms with E-state index in [0.29, 0.717) is 33.4 Å². The molecule has 208 valence electrons. The molecule has 0 aliphatic carbocycles. The summed E-state index contributed by atoms with van der Waals surface area (Å²) in [6, 6.07) is 23.0. The Morgan fingerprint density at radius 2 is 1.56 bits per heavy atom. The van der Waals surface area contributed by atoms with Crippen LogP contribution in [0.3, 0.4) is 0 Å². The summed E-state index contributed by atoms with van der Waals surface area (Å²) in [7, 11) is -4.08. The van der Waals surface area contributed by atoms with E-state index in [1.165, 1.54) is 18.2 Å². The van der Waals surface area contributed by atoms with Gasteiger partial charge in [-0.15, -0.1) is 0 Å². The SMILES string of the molecule is Cc1ccc(S(=O)(=O)NC(=O)c2ccc3nc(C)n(Cc4ccc(NC(=O)Nc5ccccc5)cc4Cl)c3n2)cc1. The second-order valence-corrected chi connectivity index (χ2v) is 11.4. The number of rotatable bonds is 7. The number of hydrogen-bond donors (Lipinski definition) is 3. The Balaban J connectivity index is 1.34. The topological polar surface area (TPSA) is 135 Å². The van der Waals surface area contributed by atoms with Gasteiger partial charge in [0.05, 0.1) is 11.4 Å². The Morgan fingerprint density at radius 3 is 2.27 bits per heavy atom. The number of aromatic nitrogens is 3. The molecule has 5 rings (SSSR count). The molecule has 2 heterocycles. The van der Waals surface area contributed by atoms with Gasteiger partial charge >= 0.3 is 6.03 Å². The molecule has 0 aliphatic rings. The van der Waals surface area contributed by atoms with Crippen LogP contribution < -0.4 is 15.4 Å². The van der Waals surface area contributed by atoms with Crippen LogP contribution in [0.15, 0.2) is 89.8 Å². The molecule has 3 amide bonds. The summed E-state index contributed by atoms with van der Waals surface area (Å²) in [5.74, 6) is -0.238. The van der Waals surface area contributed by atoms with E-state index in [1.807, 2.05) is 25.1 Å². The Bertz CT molecular complexity index is 1870. The van der Waals surface area contributed by atoms with Crippen molar-refractivity contribution >= 4 is 56.1 Å².